The van der Waals surface area contributed by atoms with Crippen LogP contribution in [-0.2, 0) is 15.9 Å². The van der Waals surface area contributed by atoms with Crippen molar-refractivity contribution < 1.29 is 13.7 Å². The molecule has 7 nitrogen and oxygen atoms in total. The fraction of sp³-hybridized carbons (Fsp3) is 0.542. The van der Waals surface area contributed by atoms with Gasteiger partial charge in [-0.05, 0) is 18.1 Å². The Hall–Kier alpha value is -2.36. The molecule has 0 spiro atoms. The molecule has 1 aliphatic heterocycles. The first-order chi connectivity index (χ1) is 15.6. The first-order valence-electron chi connectivity index (χ1n) is 11.5. The Morgan fingerprint density at radius 1 is 1.15 bits per heavy atom. The maximum Gasteiger partial charge on any atom is 0.225 e. The number of piperidine rings is 1. The smallest absolute Gasteiger partial charge is 0.225 e. The van der Waals surface area contributed by atoms with E-state index in [4.69, 9.17) is 15.0 Å². The second-order valence-electron chi connectivity index (χ2n) is 9.87. The fourth-order valence-electron chi connectivity index (χ4n) is 3.26. The fourth-order valence-corrected chi connectivity index (χ4v) is 4.21. The summed E-state index contributed by atoms with van der Waals surface area (Å²) in [7, 11) is -1.97. The zero-order valence-electron chi connectivity index (χ0n) is 20.4. The third kappa shape index (κ3) is 6.36. The van der Waals surface area contributed by atoms with E-state index in [1.54, 1.807) is 24.5 Å². The number of hydrogen-bond donors (Lipinski definition) is 1. The molecule has 2 aromatic rings. The van der Waals surface area contributed by atoms with E-state index >= 15 is 4.39 Å². The molecule has 1 aromatic carbocycles. The lowest BCUT2D eigenvalue weighted by molar-refractivity contribution is 0.150. The maximum atomic E-state index is 15.3. The van der Waals surface area contributed by atoms with Crippen molar-refractivity contribution in [1.82, 2.24) is 9.97 Å². The van der Waals surface area contributed by atoms with Crippen LogP contribution in [0.25, 0.3) is 11.1 Å². The van der Waals surface area contributed by atoms with Crippen LogP contribution in [0.4, 0.5) is 10.3 Å². The van der Waals surface area contributed by atoms with Crippen LogP contribution in [0.15, 0.2) is 35.7 Å². The Balaban J connectivity index is 1.67. The van der Waals surface area contributed by atoms with E-state index in [1.807, 2.05) is 6.07 Å². The third-order valence-corrected chi connectivity index (χ3v) is 10.9. The summed E-state index contributed by atoms with van der Waals surface area (Å²) in [5.74, 6) is 0.363. The van der Waals surface area contributed by atoms with Crippen molar-refractivity contribution in [2.45, 2.75) is 58.4 Å². The maximum absolute atomic E-state index is 15.3. The average Bonchev–Trinajstić information content (AvgIpc) is 2.78. The number of nitrogens with zero attached hydrogens (tertiary/aromatic N) is 4. The number of oxime groups is 1. The topological polar surface area (TPSA) is 85.9 Å². The highest BCUT2D eigenvalue weighted by molar-refractivity contribution is 6.74. The Morgan fingerprint density at radius 2 is 1.82 bits per heavy atom. The molecule has 0 saturated carbocycles. The first-order valence-corrected chi connectivity index (χ1v) is 14.4. The van der Waals surface area contributed by atoms with Crippen LogP contribution in [0.3, 0.4) is 0 Å². The van der Waals surface area contributed by atoms with E-state index in [-0.39, 0.29) is 17.5 Å². The zero-order chi connectivity index (χ0) is 24.1. The van der Waals surface area contributed by atoms with Gasteiger partial charge >= 0.3 is 0 Å². The largest absolute Gasteiger partial charge is 0.412 e. The monoisotopic (exact) mass is 473 g/mol. The van der Waals surface area contributed by atoms with E-state index in [2.05, 4.69) is 53.9 Å². The minimum absolute atomic E-state index is 0.0727. The lowest BCUT2D eigenvalue weighted by Crippen LogP contribution is -2.40. The van der Waals surface area contributed by atoms with Crippen LogP contribution in [0.2, 0.25) is 18.1 Å². The Bertz CT molecular complexity index is 950. The lowest BCUT2D eigenvalue weighted by Gasteiger charge is -2.36. The lowest BCUT2D eigenvalue weighted by atomic mass is 10.1. The molecule has 2 N–H and O–H groups in total. The van der Waals surface area contributed by atoms with Crippen LogP contribution in [0.1, 0.15) is 39.2 Å². The minimum atomic E-state index is -1.97. The Kier molecular flexibility index (Phi) is 8.20. The summed E-state index contributed by atoms with van der Waals surface area (Å²) >= 11 is 0. The molecule has 0 unspecified atom stereocenters. The van der Waals surface area contributed by atoms with Gasteiger partial charge in [-0.2, -0.15) is 0 Å². The van der Waals surface area contributed by atoms with Gasteiger partial charge in [0.15, 0.2) is 8.32 Å². The predicted octanol–water partition coefficient (Wildman–Crippen LogP) is 4.74. The highest BCUT2D eigenvalue weighted by Gasteiger charge is 2.37. The SMILES string of the molecule is CC(C)(C)[Si](C)(C)OCc1cccc(-c2cnc(N3CCC(=NOCCN)CC3)nc2)c1F. The number of anilines is 1. The summed E-state index contributed by atoms with van der Waals surface area (Å²) in [5, 5.41) is 4.21. The number of nitrogens with two attached hydrogens (primary N) is 1. The number of rotatable bonds is 8. The molecule has 0 atom stereocenters. The standard InChI is InChI=1S/C24H36FN5O2Si/c1-24(2,3)33(4,5)32-17-18-7-6-8-21(22(18)25)19-15-27-23(28-16-19)30-12-9-20(10-13-30)29-31-14-11-26/h6-8,15-16H,9-14,17,26H2,1-5H3. The summed E-state index contributed by atoms with van der Waals surface area (Å²) in [6.07, 6.45) is 4.96. The number of benzene rings is 1. The molecule has 0 bridgehead atoms. The molecular weight excluding hydrogens is 437 g/mol. The number of hydrogen-bond acceptors (Lipinski definition) is 7. The van der Waals surface area contributed by atoms with Crippen LogP contribution in [0.5, 0.6) is 0 Å². The molecule has 1 saturated heterocycles. The van der Waals surface area contributed by atoms with E-state index in [9.17, 15) is 0 Å². The van der Waals surface area contributed by atoms with E-state index < -0.39 is 8.32 Å². The molecule has 1 fully saturated rings. The molecular formula is C24H36FN5O2Si. The summed E-state index contributed by atoms with van der Waals surface area (Å²) in [6.45, 7) is 13.5. The Labute approximate surface area is 197 Å². The van der Waals surface area contributed by atoms with Gasteiger partial charge in [0.1, 0.15) is 12.4 Å². The number of halogens is 1. The summed E-state index contributed by atoms with van der Waals surface area (Å²) in [6, 6.07) is 5.40. The van der Waals surface area contributed by atoms with Crippen molar-refractivity contribution in [2.75, 3.05) is 31.1 Å². The van der Waals surface area contributed by atoms with E-state index in [0.717, 1.165) is 31.6 Å². The molecule has 2 heterocycles. The Morgan fingerprint density at radius 3 is 2.42 bits per heavy atom. The second kappa shape index (κ2) is 10.7. The van der Waals surface area contributed by atoms with Gasteiger partial charge in [0.25, 0.3) is 0 Å². The first kappa shape index (κ1) is 25.3. The van der Waals surface area contributed by atoms with E-state index in [1.165, 1.54) is 0 Å². The van der Waals surface area contributed by atoms with Gasteiger partial charge in [-0.3, -0.25) is 0 Å². The molecule has 1 aliphatic rings. The molecule has 0 radical (unpaired) electrons. The normalized spacial score (nSPS) is 15.0. The quantitative estimate of drug-likeness (QED) is 0.339. The van der Waals surface area contributed by atoms with Gasteiger partial charge in [0.2, 0.25) is 5.95 Å². The van der Waals surface area contributed by atoms with E-state index in [0.29, 0.717) is 35.8 Å². The summed E-state index contributed by atoms with van der Waals surface area (Å²) < 4.78 is 21.5. The van der Waals surface area contributed by atoms with Crippen LogP contribution in [0, 0.1) is 5.82 Å². The van der Waals surface area contributed by atoms with Gasteiger partial charge in [-0.15, -0.1) is 0 Å². The molecule has 9 heteroatoms. The predicted molar refractivity (Wildman–Crippen MR) is 133 cm³/mol. The zero-order valence-corrected chi connectivity index (χ0v) is 21.4. The van der Waals surface area contributed by atoms with Crippen molar-refractivity contribution in [2.24, 2.45) is 10.9 Å². The van der Waals surface area contributed by atoms with Crippen LogP contribution >= 0.6 is 0 Å². The van der Waals surface area contributed by atoms with Crippen molar-refractivity contribution in [3.8, 4) is 11.1 Å². The molecule has 180 valence electrons. The van der Waals surface area contributed by atoms with Crippen molar-refractivity contribution in [3.63, 3.8) is 0 Å². The molecule has 33 heavy (non-hydrogen) atoms. The highest BCUT2D eigenvalue weighted by Crippen LogP contribution is 2.37. The molecule has 1 aromatic heterocycles. The third-order valence-electron chi connectivity index (χ3n) is 6.45. The minimum Gasteiger partial charge on any atom is -0.412 e. The molecule has 0 aliphatic carbocycles. The highest BCUT2D eigenvalue weighted by atomic mass is 28.4. The summed E-state index contributed by atoms with van der Waals surface area (Å²) in [4.78, 5) is 16.3. The van der Waals surface area contributed by atoms with Gasteiger partial charge in [-0.25, -0.2) is 14.4 Å². The van der Waals surface area contributed by atoms with Crippen molar-refractivity contribution >= 4 is 20.0 Å². The van der Waals surface area contributed by atoms with Gasteiger partial charge in [0.05, 0.1) is 12.3 Å². The number of aromatic nitrogens is 2. The second-order valence-corrected chi connectivity index (χ2v) is 14.7. The van der Waals surface area contributed by atoms with Crippen molar-refractivity contribution in [3.05, 3.63) is 42.0 Å². The van der Waals surface area contributed by atoms with Crippen LogP contribution in [-0.4, -0.2) is 50.2 Å². The molecule has 3 rings (SSSR count). The van der Waals surface area contributed by atoms with Gasteiger partial charge < -0.3 is 19.9 Å². The summed E-state index contributed by atoms with van der Waals surface area (Å²) in [5.41, 5.74) is 8.14. The van der Waals surface area contributed by atoms with Crippen molar-refractivity contribution in [1.29, 1.82) is 0 Å². The van der Waals surface area contributed by atoms with Gasteiger partial charge in [0, 0.05) is 61.6 Å². The van der Waals surface area contributed by atoms with Crippen LogP contribution < -0.4 is 10.6 Å². The van der Waals surface area contributed by atoms with Gasteiger partial charge in [-0.1, -0.05) is 44.1 Å². The molecule has 0 amide bonds. The average molecular weight is 474 g/mol.